The summed E-state index contributed by atoms with van der Waals surface area (Å²) in [6, 6.07) is 11.0. The highest BCUT2D eigenvalue weighted by atomic mass is 32.1. The fourth-order valence-electron chi connectivity index (χ4n) is 2.72. The molecule has 0 unspecified atom stereocenters. The van der Waals surface area contributed by atoms with Gasteiger partial charge in [-0.15, -0.1) is 16.4 Å². The quantitative estimate of drug-likeness (QED) is 0.479. The Morgan fingerprint density at radius 3 is 2.33 bits per heavy atom. The van der Waals surface area contributed by atoms with Crippen molar-refractivity contribution in [2.24, 2.45) is 0 Å². The molecular weight excluding hydrogens is 412 g/mol. The summed E-state index contributed by atoms with van der Waals surface area (Å²) < 4.78 is 27.6. The van der Waals surface area contributed by atoms with Crippen molar-refractivity contribution in [3.8, 4) is 11.4 Å². The maximum absolute atomic E-state index is 13.1. The third kappa shape index (κ3) is 4.33. The number of nitrogens with one attached hydrogen (secondary N) is 2. The largest absolute Gasteiger partial charge is 0.347 e. The first kappa shape index (κ1) is 19.6. The summed E-state index contributed by atoms with van der Waals surface area (Å²) >= 11 is 1.39. The van der Waals surface area contributed by atoms with Gasteiger partial charge >= 0.3 is 11.8 Å². The Kier molecular flexibility index (Phi) is 5.48. The van der Waals surface area contributed by atoms with Gasteiger partial charge in [-0.1, -0.05) is 0 Å². The number of amides is 2. The normalized spacial score (nSPS) is 10.9. The Hall–Kier alpha value is -3.66. The Morgan fingerprint density at radius 2 is 1.63 bits per heavy atom. The topological polar surface area (TPSA) is 88.4 Å². The van der Waals surface area contributed by atoms with Gasteiger partial charge in [0, 0.05) is 29.6 Å². The zero-order valence-corrected chi connectivity index (χ0v) is 16.2. The predicted octanol–water partition coefficient (Wildman–Crippen LogP) is 3.03. The number of fused-ring (bicyclic) bond motifs is 1. The van der Waals surface area contributed by atoms with Crippen LogP contribution in [-0.4, -0.2) is 33.0 Å². The molecule has 0 spiro atoms. The molecule has 4 aromatic rings. The molecule has 2 heterocycles. The summed E-state index contributed by atoms with van der Waals surface area (Å²) in [6.07, 6.45) is 0.432. The van der Waals surface area contributed by atoms with E-state index in [9.17, 15) is 18.4 Å². The number of rotatable bonds is 5. The maximum atomic E-state index is 13.1. The van der Waals surface area contributed by atoms with Crippen molar-refractivity contribution in [3.63, 3.8) is 0 Å². The van der Waals surface area contributed by atoms with E-state index < -0.39 is 17.6 Å². The second-order valence-electron chi connectivity index (χ2n) is 6.33. The van der Waals surface area contributed by atoms with Gasteiger partial charge in [-0.2, -0.15) is 4.98 Å². The van der Waals surface area contributed by atoms with Crippen LogP contribution in [0.3, 0.4) is 0 Å². The van der Waals surface area contributed by atoms with Gasteiger partial charge in [-0.3, -0.25) is 9.59 Å². The highest BCUT2D eigenvalue weighted by molar-refractivity contribution is 7.15. The van der Waals surface area contributed by atoms with Crippen molar-refractivity contribution in [2.75, 3.05) is 11.9 Å². The molecule has 0 saturated carbocycles. The van der Waals surface area contributed by atoms with Gasteiger partial charge in [0.25, 0.3) is 0 Å². The molecule has 0 aliphatic heterocycles. The summed E-state index contributed by atoms with van der Waals surface area (Å²) in [5, 5.41) is 11.2. The third-order valence-electron chi connectivity index (χ3n) is 4.23. The van der Waals surface area contributed by atoms with E-state index in [0.717, 1.165) is 5.69 Å². The van der Waals surface area contributed by atoms with Crippen molar-refractivity contribution in [3.05, 3.63) is 71.2 Å². The van der Waals surface area contributed by atoms with Gasteiger partial charge in [0.1, 0.15) is 11.6 Å². The lowest BCUT2D eigenvalue weighted by Gasteiger charge is -2.06. The van der Waals surface area contributed by atoms with Crippen LogP contribution < -0.4 is 10.6 Å². The van der Waals surface area contributed by atoms with Crippen LogP contribution in [0.25, 0.3) is 16.3 Å². The van der Waals surface area contributed by atoms with Crippen LogP contribution in [0.5, 0.6) is 0 Å². The minimum Gasteiger partial charge on any atom is -0.347 e. The average molecular weight is 427 g/mol. The molecule has 30 heavy (non-hydrogen) atoms. The van der Waals surface area contributed by atoms with E-state index in [1.165, 1.54) is 47.7 Å². The minimum absolute atomic E-state index is 0.216. The standard InChI is InChI=1S/C20H15F2N5O2S/c21-13-3-1-12(2-4-13)17-25-20-27(26-17)16(11-30-20)9-10-23-18(28)19(29)24-15-7-5-14(22)6-8-15/h1-8,11H,9-10H2,(H,23,28)(H,24,29). The number of benzene rings is 2. The summed E-state index contributed by atoms with van der Waals surface area (Å²) in [5.41, 5.74) is 1.84. The second kappa shape index (κ2) is 8.37. The van der Waals surface area contributed by atoms with E-state index >= 15 is 0 Å². The molecule has 2 N–H and O–H groups in total. The monoisotopic (exact) mass is 427 g/mol. The van der Waals surface area contributed by atoms with Crippen LogP contribution in [0.2, 0.25) is 0 Å². The molecule has 0 atom stereocenters. The number of halogens is 2. The summed E-state index contributed by atoms with van der Waals surface area (Å²) in [7, 11) is 0. The number of aromatic nitrogens is 3. The lowest BCUT2D eigenvalue weighted by molar-refractivity contribution is -0.136. The number of hydrogen-bond donors (Lipinski definition) is 2. The Labute approximate surface area is 173 Å². The van der Waals surface area contributed by atoms with Crippen LogP contribution in [0.15, 0.2) is 53.9 Å². The third-order valence-corrected chi connectivity index (χ3v) is 5.09. The zero-order valence-electron chi connectivity index (χ0n) is 15.4. The molecule has 0 saturated heterocycles. The van der Waals surface area contributed by atoms with E-state index in [2.05, 4.69) is 20.7 Å². The molecule has 0 aliphatic carbocycles. The number of anilines is 1. The summed E-state index contributed by atoms with van der Waals surface area (Å²) in [4.78, 5) is 29.0. The van der Waals surface area contributed by atoms with Crippen molar-refractivity contribution in [1.82, 2.24) is 19.9 Å². The van der Waals surface area contributed by atoms with Gasteiger partial charge in [-0.25, -0.2) is 13.3 Å². The first-order valence-electron chi connectivity index (χ1n) is 8.93. The van der Waals surface area contributed by atoms with Crippen LogP contribution in [0.1, 0.15) is 5.69 Å². The Morgan fingerprint density at radius 1 is 0.967 bits per heavy atom. The fourth-order valence-corrected chi connectivity index (χ4v) is 3.58. The lowest BCUT2D eigenvalue weighted by Crippen LogP contribution is -2.36. The molecule has 10 heteroatoms. The smallest absolute Gasteiger partial charge is 0.313 e. The van der Waals surface area contributed by atoms with E-state index in [4.69, 9.17) is 0 Å². The van der Waals surface area contributed by atoms with Gasteiger partial charge < -0.3 is 10.6 Å². The molecule has 7 nitrogen and oxygen atoms in total. The van der Waals surface area contributed by atoms with Crippen LogP contribution in [0.4, 0.5) is 14.5 Å². The van der Waals surface area contributed by atoms with Crippen LogP contribution in [-0.2, 0) is 16.0 Å². The first-order valence-corrected chi connectivity index (χ1v) is 9.81. The molecule has 0 aliphatic rings. The maximum Gasteiger partial charge on any atom is 0.313 e. The molecule has 2 aromatic carbocycles. The van der Waals surface area contributed by atoms with E-state index in [0.29, 0.717) is 28.5 Å². The number of carbonyl (C=O) groups is 2. The molecule has 4 rings (SSSR count). The highest BCUT2D eigenvalue weighted by Crippen LogP contribution is 2.21. The van der Waals surface area contributed by atoms with Gasteiger partial charge in [0.05, 0.1) is 5.69 Å². The highest BCUT2D eigenvalue weighted by Gasteiger charge is 2.15. The van der Waals surface area contributed by atoms with Crippen LogP contribution in [0, 0.1) is 11.6 Å². The van der Waals surface area contributed by atoms with E-state index in [1.807, 2.05) is 5.38 Å². The van der Waals surface area contributed by atoms with Gasteiger partial charge in [-0.05, 0) is 48.5 Å². The van der Waals surface area contributed by atoms with Crippen molar-refractivity contribution >= 4 is 33.8 Å². The summed E-state index contributed by atoms with van der Waals surface area (Å²) in [5.74, 6) is -1.92. The molecule has 0 fully saturated rings. The fraction of sp³-hybridized carbons (Fsp3) is 0.100. The summed E-state index contributed by atoms with van der Waals surface area (Å²) in [6.45, 7) is 0.216. The number of carbonyl (C=O) groups excluding carboxylic acids is 2. The lowest BCUT2D eigenvalue weighted by atomic mass is 10.2. The minimum atomic E-state index is -0.837. The first-order chi connectivity index (χ1) is 14.5. The van der Waals surface area contributed by atoms with Gasteiger partial charge in [0.2, 0.25) is 4.96 Å². The number of nitrogens with zero attached hydrogens (tertiary/aromatic N) is 3. The molecule has 152 valence electrons. The molecule has 0 radical (unpaired) electrons. The number of thiazole rings is 1. The Bertz CT molecular complexity index is 1200. The van der Waals surface area contributed by atoms with Crippen LogP contribution >= 0.6 is 11.3 Å². The van der Waals surface area contributed by atoms with Crippen molar-refractivity contribution < 1.29 is 18.4 Å². The molecule has 2 amide bonds. The second-order valence-corrected chi connectivity index (χ2v) is 7.17. The van der Waals surface area contributed by atoms with Crippen molar-refractivity contribution in [1.29, 1.82) is 0 Å². The zero-order chi connectivity index (χ0) is 21.1. The molecule has 2 aromatic heterocycles. The van der Waals surface area contributed by atoms with E-state index in [1.54, 1.807) is 16.6 Å². The number of hydrogen-bond acceptors (Lipinski definition) is 5. The molecule has 0 bridgehead atoms. The van der Waals surface area contributed by atoms with Gasteiger partial charge in [0.15, 0.2) is 5.82 Å². The average Bonchev–Trinajstić information content (AvgIpc) is 3.32. The predicted molar refractivity (Wildman–Crippen MR) is 108 cm³/mol. The van der Waals surface area contributed by atoms with Crippen molar-refractivity contribution in [2.45, 2.75) is 6.42 Å². The molecular formula is C20H15F2N5O2S. The Balaban J connectivity index is 1.35. The van der Waals surface area contributed by atoms with E-state index in [-0.39, 0.29) is 12.4 Å². The SMILES string of the molecule is O=C(NCCc1csc2nc(-c3ccc(F)cc3)nn12)C(=O)Nc1ccc(F)cc1.